The van der Waals surface area contributed by atoms with E-state index in [1.165, 1.54) is 12.3 Å². The van der Waals surface area contributed by atoms with Crippen molar-refractivity contribution in [1.29, 1.82) is 0 Å². The molecule has 0 aliphatic heterocycles. The Morgan fingerprint density at radius 1 is 1.12 bits per heavy atom. The van der Waals surface area contributed by atoms with Crippen molar-refractivity contribution in [1.82, 2.24) is 4.57 Å². The van der Waals surface area contributed by atoms with Gasteiger partial charge in [-0.1, -0.05) is 39.7 Å². The number of rotatable bonds is 2. The quantitative estimate of drug-likeness (QED) is 0.346. The van der Waals surface area contributed by atoms with Crippen LogP contribution < -0.4 is 0 Å². The van der Waals surface area contributed by atoms with Gasteiger partial charge in [-0.2, -0.15) is 13.2 Å². The van der Waals surface area contributed by atoms with E-state index < -0.39 is 28.3 Å². The van der Waals surface area contributed by atoms with Gasteiger partial charge in [0, 0.05) is 16.6 Å². The zero-order chi connectivity index (χ0) is 18.4. The first-order valence-corrected chi connectivity index (χ1v) is 8.29. The lowest BCUT2D eigenvalue weighted by atomic mass is 10.1. The molecule has 0 spiro atoms. The molecule has 0 saturated heterocycles. The molecule has 1 atom stereocenters. The Labute approximate surface area is 153 Å². The van der Waals surface area contributed by atoms with E-state index in [9.17, 15) is 22.4 Å². The van der Waals surface area contributed by atoms with Crippen molar-refractivity contribution in [2.75, 3.05) is 0 Å². The van der Waals surface area contributed by atoms with E-state index >= 15 is 0 Å². The standard InChI is InChI=1S/C17H9BrClF4NO/c18-15(9-1-3-11(19)4-2-9)16(25)24-6-5-10-7-13(20)12(8-14(10)24)17(21,22)23/h1-8,15H. The first-order valence-electron chi connectivity index (χ1n) is 7.00. The van der Waals surface area contributed by atoms with Gasteiger partial charge in [-0.3, -0.25) is 9.36 Å². The Hall–Kier alpha value is -1.86. The van der Waals surface area contributed by atoms with Crippen LogP contribution in [0.5, 0.6) is 0 Å². The maximum Gasteiger partial charge on any atom is 0.419 e. The minimum atomic E-state index is -4.85. The monoisotopic (exact) mass is 433 g/mol. The van der Waals surface area contributed by atoms with Gasteiger partial charge in [-0.05, 0) is 35.9 Å². The number of hydrogen-bond donors (Lipinski definition) is 0. The molecule has 0 radical (unpaired) electrons. The number of hydrogen-bond acceptors (Lipinski definition) is 1. The third kappa shape index (κ3) is 3.43. The van der Waals surface area contributed by atoms with Gasteiger partial charge < -0.3 is 0 Å². The van der Waals surface area contributed by atoms with Crippen LogP contribution in [0.25, 0.3) is 10.9 Å². The van der Waals surface area contributed by atoms with Crippen molar-refractivity contribution in [2.45, 2.75) is 11.0 Å². The molecule has 0 fully saturated rings. The largest absolute Gasteiger partial charge is 0.419 e. The Morgan fingerprint density at radius 3 is 2.36 bits per heavy atom. The summed E-state index contributed by atoms with van der Waals surface area (Å²) in [6.45, 7) is 0. The molecule has 1 heterocycles. The lowest BCUT2D eigenvalue weighted by molar-refractivity contribution is -0.139. The van der Waals surface area contributed by atoms with E-state index in [4.69, 9.17) is 11.6 Å². The molecule has 1 aromatic heterocycles. The van der Waals surface area contributed by atoms with Crippen LogP contribution in [0.3, 0.4) is 0 Å². The minimum absolute atomic E-state index is 0.0165. The fraction of sp³-hybridized carbons (Fsp3) is 0.118. The fourth-order valence-electron chi connectivity index (χ4n) is 2.46. The summed E-state index contributed by atoms with van der Waals surface area (Å²) in [5.74, 6) is -1.88. The zero-order valence-electron chi connectivity index (χ0n) is 12.3. The minimum Gasteiger partial charge on any atom is -0.286 e. The number of fused-ring (bicyclic) bond motifs is 1. The molecule has 2 aromatic carbocycles. The Kier molecular flexibility index (Phi) is 4.64. The maximum atomic E-state index is 13.7. The summed E-state index contributed by atoms with van der Waals surface area (Å²) >= 11 is 9.05. The van der Waals surface area contributed by atoms with Crippen molar-refractivity contribution in [3.8, 4) is 0 Å². The van der Waals surface area contributed by atoms with E-state index in [-0.39, 0.29) is 10.9 Å². The van der Waals surface area contributed by atoms with Gasteiger partial charge >= 0.3 is 6.18 Å². The highest BCUT2D eigenvalue weighted by molar-refractivity contribution is 9.09. The van der Waals surface area contributed by atoms with Gasteiger partial charge in [0.25, 0.3) is 0 Å². The predicted octanol–water partition coefficient (Wildman–Crippen LogP) is 6.23. The second kappa shape index (κ2) is 6.46. The lowest BCUT2D eigenvalue weighted by Crippen LogP contribution is -2.16. The van der Waals surface area contributed by atoms with Crippen LogP contribution in [-0.4, -0.2) is 10.5 Å². The van der Waals surface area contributed by atoms with Crippen LogP contribution in [0.4, 0.5) is 17.6 Å². The van der Waals surface area contributed by atoms with Crippen LogP contribution >= 0.6 is 27.5 Å². The summed E-state index contributed by atoms with van der Waals surface area (Å²) in [6, 6.07) is 9.26. The van der Waals surface area contributed by atoms with Gasteiger partial charge in [-0.25, -0.2) is 4.39 Å². The molecule has 8 heteroatoms. The first-order chi connectivity index (χ1) is 11.7. The van der Waals surface area contributed by atoms with Gasteiger partial charge in [0.15, 0.2) is 0 Å². The summed E-state index contributed by atoms with van der Waals surface area (Å²) in [7, 11) is 0. The summed E-state index contributed by atoms with van der Waals surface area (Å²) in [5, 5.41) is 0.697. The summed E-state index contributed by atoms with van der Waals surface area (Å²) in [6.07, 6.45) is -3.53. The van der Waals surface area contributed by atoms with Crippen molar-refractivity contribution < 1.29 is 22.4 Å². The van der Waals surface area contributed by atoms with Crippen LogP contribution in [0.1, 0.15) is 20.7 Å². The van der Waals surface area contributed by atoms with Crippen LogP contribution in [0, 0.1) is 5.82 Å². The number of aromatic nitrogens is 1. The normalized spacial score (nSPS) is 13.2. The smallest absolute Gasteiger partial charge is 0.286 e. The number of alkyl halides is 4. The molecule has 130 valence electrons. The van der Waals surface area contributed by atoms with Crippen molar-refractivity contribution in [2.24, 2.45) is 0 Å². The second-order valence-electron chi connectivity index (χ2n) is 5.33. The molecular weight excluding hydrogens is 426 g/mol. The van der Waals surface area contributed by atoms with Crippen molar-refractivity contribution >= 4 is 44.3 Å². The van der Waals surface area contributed by atoms with E-state index in [1.807, 2.05) is 0 Å². The highest BCUT2D eigenvalue weighted by atomic mass is 79.9. The topological polar surface area (TPSA) is 22.0 Å². The first kappa shape index (κ1) is 17.9. The van der Waals surface area contributed by atoms with Gasteiger partial charge in [0.1, 0.15) is 10.6 Å². The molecule has 0 aliphatic rings. The average molecular weight is 435 g/mol. The number of carbonyl (C=O) groups is 1. The molecule has 3 aromatic rings. The average Bonchev–Trinajstić information content (AvgIpc) is 2.95. The fourth-order valence-corrected chi connectivity index (χ4v) is 3.11. The maximum absolute atomic E-state index is 13.7. The zero-order valence-corrected chi connectivity index (χ0v) is 14.7. The number of nitrogens with zero attached hydrogens (tertiary/aromatic N) is 1. The number of carbonyl (C=O) groups excluding carboxylic acids is 1. The summed E-state index contributed by atoms with van der Waals surface area (Å²) in [4.78, 5) is 11.9. The Balaban J connectivity index is 2.06. The SMILES string of the molecule is O=C(C(Br)c1ccc(Cl)cc1)n1ccc2cc(F)c(C(F)(F)F)cc21. The van der Waals surface area contributed by atoms with E-state index in [0.29, 0.717) is 16.7 Å². The molecule has 3 rings (SSSR count). The van der Waals surface area contributed by atoms with E-state index in [1.54, 1.807) is 24.3 Å². The molecule has 0 aliphatic carbocycles. The van der Waals surface area contributed by atoms with Gasteiger partial charge in [0.05, 0.1) is 11.1 Å². The van der Waals surface area contributed by atoms with Crippen LogP contribution in [-0.2, 0) is 6.18 Å². The molecule has 0 saturated carbocycles. The molecule has 1 unspecified atom stereocenters. The highest BCUT2D eigenvalue weighted by Crippen LogP contribution is 2.35. The van der Waals surface area contributed by atoms with E-state index in [0.717, 1.165) is 10.6 Å². The molecule has 0 bridgehead atoms. The van der Waals surface area contributed by atoms with Crippen LogP contribution in [0.2, 0.25) is 5.02 Å². The van der Waals surface area contributed by atoms with E-state index in [2.05, 4.69) is 15.9 Å². The third-order valence-corrected chi connectivity index (χ3v) is 4.87. The van der Waals surface area contributed by atoms with Crippen molar-refractivity contribution in [3.63, 3.8) is 0 Å². The second-order valence-corrected chi connectivity index (χ2v) is 6.68. The Morgan fingerprint density at radius 2 is 1.76 bits per heavy atom. The summed E-state index contributed by atoms with van der Waals surface area (Å²) in [5.41, 5.74) is -0.836. The third-order valence-electron chi connectivity index (χ3n) is 3.70. The number of halogens is 6. The molecule has 25 heavy (non-hydrogen) atoms. The van der Waals surface area contributed by atoms with Gasteiger partial charge in [-0.15, -0.1) is 0 Å². The Bertz CT molecular complexity index is 950. The molecule has 2 nitrogen and oxygen atoms in total. The van der Waals surface area contributed by atoms with Crippen LogP contribution in [0.15, 0.2) is 48.7 Å². The van der Waals surface area contributed by atoms with Gasteiger partial charge in [0.2, 0.25) is 5.91 Å². The highest BCUT2D eigenvalue weighted by Gasteiger charge is 2.35. The molecule has 0 N–H and O–H groups in total. The molecular formula is C17H9BrClF4NO. The summed E-state index contributed by atoms with van der Waals surface area (Å²) < 4.78 is 53.5. The number of benzene rings is 2. The predicted molar refractivity (Wildman–Crippen MR) is 90.6 cm³/mol. The molecule has 0 amide bonds. The van der Waals surface area contributed by atoms with Crippen molar-refractivity contribution in [3.05, 3.63) is 70.6 Å². The lowest BCUT2D eigenvalue weighted by Gasteiger charge is -2.13.